The third-order valence-electron chi connectivity index (χ3n) is 3.41. The lowest BCUT2D eigenvalue weighted by Crippen LogP contribution is -2.44. The average molecular weight is 204 g/mol. The summed E-state index contributed by atoms with van der Waals surface area (Å²) in [5.74, 6) is 0. The molecule has 0 aliphatic carbocycles. The van der Waals surface area contributed by atoms with Gasteiger partial charge in [0.05, 0.1) is 11.4 Å². The lowest BCUT2D eigenvalue weighted by molar-refractivity contribution is 0.415. The van der Waals surface area contributed by atoms with Crippen molar-refractivity contribution < 1.29 is 0 Å². The Kier molecular flexibility index (Phi) is 2.85. The van der Waals surface area contributed by atoms with E-state index in [0.717, 1.165) is 5.69 Å². The summed E-state index contributed by atoms with van der Waals surface area (Å²) in [5.41, 5.74) is 8.14. The summed E-state index contributed by atoms with van der Waals surface area (Å²) in [6.45, 7) is 4.59. The van der Waals surface area contributed by atoms with Crippen LogP contribution in [0, 0.1) is 0 Å². The van der Waals surface area contributed by atoms with Crippen molar-refractivity contribution in [1.82, 2.24) is 0 Å². The molecule has 1 fully saturated rings. The first kappa shape index (κ1) is 10.3. The topological polar surface area (TPSA) is 29.3 Å². The molecule has 0 bridgehead atoms. The van der Waals surface area contributed by atoms with Gasteiger partial charge in [-0.3, -0.25) is 0 Å². The summed E-state index contributed by atoms with van der Waals surface area (Å²) in [4.78, 5) is 2.47. The third kappa shape index (κ3) is 1.94. The molecule has 1 aliphatic heterocycles. The fraction of sp³-hybridized carbons (Fsp3) is 0.538. The molecule has 0 amide bonds. The average Bonchev–Trinajstić information content (AvgIpc) is 2.20. The van der Waals surface area contributed by atoms with E-state index in [2.05, 4.69) is 30.9 Å². The molecule has 1 heterocycles. The molecular weight excluding hydrogens is 184 g/mol. The molecule has 2 N–H and O–H groups in total. The van der Waals surface area contributed by atoms with Gasteiger partial charge in [0.15, 0.2) is 0 Å². The maximum Gasteiger partial charge on any atom is 0.0604 e. The zero-order chi connectivity index (χ0) is 10.8. The van der Waals surface area contributed by atoms with Gasteiger partial charge in [0.25, 0.3) is 0 Å². The Balaban J connectivity index is 2.31. The molecule has 15 heavy (non-hydrogen) atoms. The minimum Gasteiger partial charge on any atom is -0.397 e. The number of nitrogens with two attached hydrogens (primary N) is 1. The first-order valence-electron chi connectivity index (χ1n) is 5.83. The predicted octanol–water partition coefficient (Wildman–Crippen LogP) is 3.04. The van der Waals surface area contributed by atoms with E-state index in [-0.39, 0.29) is 0 Å². The van der Waals surface area contributed by atoms with E-state index in [0.29, 0.717) is 12.1 Å². The second-order valence-corrected chi connectivity index (χ2v) is 4.60. The van der Waals surface area contributed by atoms with Crippen LogP contribution in [-0.4, -0.2) is 12.1 Å². The smallest absolute Gasteiger partial charge is 0.0604 e. The Hall–Kier alpha value is -1.18. The Labute approximate surface area is 92.1 Å². The highest BCUT2D eigenvalue weighted by Gasteiger charge is 2.25. The number of piperidine rings is 1. The van der Waals surface area contributed by atoms with Crippen molar-refractivity contribution >= 4 is 11.4 Å². The van der Waals surface area contributed by atoms with E-state index in [4.69, 9.17) is 5.73 Å². The fourth-order valence-electron chi connectivity index (χ4n) is 2.62. The number of nitrogen functional groups attached to an aromatic ring is 1. The Morgan fingerprint density at radius 1 is 1.13 bits per heavy atom. The molecular formula is C13H20N2. The van der Waals surface area contributed by atoms with Gasteiger partial charge in [0, 0.05) is 12.1 Å². The molecule has 1 aromatic carbocycles. The fourth-order valence-corrected chi connectivity index (χ4v) is 2.62. The Morgan fingerprint density at radius 2 is 1.73 bits per heavy atom. The van der Waals surface area contributed by atoms with Gasteiger partial charge in [-0.15, -0.1) is 0 Å². The Morgan fingerprint density at radius 3 is 2.33 bits per heavy atom. The second-order valence-electron chi connectivity index (χ2n) is 4.60. The quantitative estimate of drug-likeness (QED) is 0.712. The predicted molar refractivity (Wildman–Crippen MR) is 66.1 cm³/mol. The molecule has 1 saturated heterocycles. The van der Waals surface area contributed by atoms with Crippen molar-refractivity contribution in [2.45, 2.75) is 45.2 Å². The molecule has 0 spiro atoms. The molecule has 0 radical (unpaired) electrons. The molecule has 2 heteroatoms. The van der Waals surface area contributed by atoms with Crippen LogP contribution in [0.5, 0.6) is 0 Å². The lowest BCUT2D eigenvalue weighted by atomic mass is 9.96. The van der Waals surface area contributed by atoms with Gasteiger partial charge in [-0.2, -0.15) is 0 Å². The van der Waals surface area contributed by atoms with E-state index < -0.39 is 0 Å². The number of benzene rings is 1. The maximum atomic E-state index is 6.03. The van der Waals surface area contributed by atoms with Gasteiger partial charge >= 0.3 is 0 Å². The van der Waals surface area contributed by atoms with Crippen LogP contribution in [0.15, 0.2) is 24.3 Å². The number of para-hydroxylation sites is 2. The molecule has 2 atom stereocenters. The summed E-state index contributed by atoms with van der Waals surface area (Å²) in [7, 11) is 0. The van der Waals surface area contributed by atoms with Crippen LogP contribution >= 0.6 is 0 Å². The van der Waals surface area contributed by atoms with Gasteiger partial charge in [0.2, 0.25) is 0 Å². The molecule has 0 saturated carbocycles. The van der Waals surface area contributed by atoms with E-state index >= 15 is 0 Å². The molecule has 1 aliphatic rings. The Bertz CT molecular complexity index is 325. The third-order valence-corrected chi connectivity index (χ3v) is 3.41. The minimum atomic E-state index is 0.610. The molecule has 2 rings (SSSR count). The normalized spacial score (nSPS) is 26.7. The van der Waals surface area contributed by atoms with Crippen LogP contribution in [0.4, 0.5) is 11.4 Å². The van der Waals surface area contributed by atoms with Crippen LogP contribution in [-0.2, 0) is 0 Å². The summed E-state index contributed by atoms with van der Waals surface area (Å²) < 4.78 is 0. The lowest BCUT2D eigenvalue weighted by Gasteiger charge is -2.41. The van der Waals surface area contributed by atoms with E-state index in [1.165, 1.54) is 24.9 Å². The largest absolute Gasteiger partial charge is 0.397 e. The van der Waals surface area contributed by atoms with Gasteiger partial charge in [0.1, 0.15) is 0 Å². The highest BCUT2D eigenvalue weighted by molar-refractivity contribution is 5.68. The first-order valence-corrected chi connectivity index (χ1v) is 5.83. The van der Waals surface area contributed by atoms with Crippen LogP contribution < -0.4 is 10.6 Å². The number of anilines is 2. The summed E-state index contributed by atoms with van der Waals surface area (Å²) in [6.07, 6.45) is 3.89. The van der Waals surface area contributed by atoms with Gasteiger partial charge in [-0.05, 0) is 45.2 Å². The zero-order valence-corrected chi connectivity index (χ0v) is 9.61. The van der Waals surface area contributed by atoms with Crippen LogP contribution in [0.1, 0.15) is 33.1 Å². The van der Waals surface area contributed by atoms with E-state index in [1.807, 2.05) is 12.1 Å². The zero-order valence-electron chi connectivity index (χ0n) is 9.61. The molecule has 2 nitrogen and oxygen atoms in total. The van der Waals surface area contributed by atoms with Gasteiger partial charge < -0.3 is 10.6 Å². The number of nitrogens with zero attached hydrogens (tertiary/aromatic N) is 1. The summed E-state index contributed by atoms with van der Waals surface area (Å²) >= 11 is 0. The SMILES string of the molecule is CC1CCCC(C)N1c1ccccc1N. The van der Waals surface area contributed by atoms with Crippen molar-refractivity contribution in [3.8, 4) is 0 Å². The van der Waals surface area contributed by atoms with Crippen molar-refractivity contribution in [2.24, 2.45) is 0 Å². The number of hydrogen-bond acceptors (Lipinski definition) is 2. The van der Waals surface area contributed by atoms with E-state index in [9.17, 15) is 0 Å². The van der Waals surface area contributed by atoms with Crippen molar-refractivity contribution in [2.75, 3.05) is 10.6 Å². The first-order chi connectivity index (χ1) is 7.20. The molecule has 1 aromatic rings. The summed E-state index contributed by atoms with van der Waals surface area (Å²) in [5, 5.41) is 0. The van der Waals surface area contributed by atoms with Crippen molar-refractivity contribution in [3.05, 3.63) is 24.3 Å². The standard InChI is InChI=1S/C13H20N2/c1-10-6-5-7-11(2)15(10)13-9-4-3-8-12(13)14/h3-4,8-11H,5-7,14H2,1-2H3. The minimum absolute atomic E-state index is 0.610. The van der Waals surface area contributed by atoms with Gasteiger partial charge in [-0.1, -0.05) is 12.1 Å². The van der Waals surface area contributed by atoms with Crippen LogP contribution in [0.3, 0.4) is 0 Å². The molecule has 2 unspecified atom stereocenters. The highest BCUT2D eigenvalue weighted by Crippen LogP contribution is 2.32. The number of hydrogen-bond donors (Lipinski definition) is 1. The van der Waals surface area contributed by atoms with E-state index in [1.54, 1.807) is 0 Å². The second kappa shape index (κ2) is 4.13. The monoisotopic (exact) mass is 204 g/mol. The highest BCUT2D eigenvalue weighted by atomic mass is 15.2. The molecule has 0 aromatic heterocycles. The van der Waals surface area contributed by atoms with Crippen molar-refractivity contribution in [1.29, 1.82) is 0 Å². The molecule has 82 valence electrons. The van der Waals surface area contributed by atoms with Gasteiger partial charge in [-0.25, -0.2) is 0 Å². The maximum absolute atomic E-state index is 6.03. The number of rotatable bonds is 1. The summed E-state index contributed by atoms with van der Waals surface area (Å²) in [6, 6.07) is 9.41. The van der Waals surface area contributed by atoms with Crippen LogP contribution in [0.25, 0.3) is 0 Å². The van der Waals surface area contributed by atoms with Crippen molar-refractivity contribution in [3.63, 3.8) is 0 Å². The van der Waals surface area contributed by atoms with Crippen LogP contribution in [0.2, 0.25) is 0 Å².